The summed E-state index contributed by atoms with van der Waals surface area (Å²) in [5.74, 6) is -2.03. The fraction of sp³-hybridized carbons (Fsp3) is 0.533. The van der Waals surface area contributed by atoms with Crippen LogP contribution in [0.15, 0.2) is 18.2 Å². The topological polar surface area (TPSA) is 32.3 Å². The molecule has 1 heterocycles. The average Bonchev–Trinajstić information content (AvgIpc) is 2.41. The van der Waals surface area contributed by atoms with Crippen molar-refractivity contribution in [2.45, 2.75) is 31.6 Å². The van der Waals surface area contributed by atoms with Gasteiger partial charge < -0.3 is 10.2 Å². The molecule has 1 N–H and O–H groups in total. The van der Waals surface area contributed by atoms with Crippen molar-refractivity contribution in [3.05, 3.63) is 29.3 Å². The SMILES string of the molecule is Cc1cc(NC(=O)C(F)(F)F)ccc1C1(F)CCN(C)CC1. The molecule has 1 amide bonds. The van der Waals surface area contributed by atoms with E-state index >= 15 is 4.39 Å². The zero-order chi connectivity index (χ0) is 16.5. The van der Waals surface area contributed by atoms with Crippen molar-refractivity contribution in [2.24, 2.45) is 0 Å². The number of carbonyl (C=O) groups excluding carboxylic acids is 1. The third-order valence-electron chi connectivity index (χ3n) is 4.00. The molecule has 0 radical (unpaired) electrons. The molecule has 1 saturated heterocycles. The molecule has 7 heteroatoms. The second-order valence-corrected chi connectivity index (χ2v) is 5.75. The monoisotopic (exact) mass is 318 g/mol. The number of nitrogens with zero attached hydrogens (tertiary/aromatic N) is 1. The molecule has 3 nitrogen and oxygen atoms in total. The first-order valence-electron chi connectivity index (χ1n) is 6.98. The lowest BCUT2D eigenvalue weighted by Gasteiger charge is -2.35. The van der Waals surface area contributed by atoms with Gasteiger partial charge in [-0.05, 0) is 50.1 Å². The number of hydrogen-bond donors (Lipinski definition) is 1. The van der Waals surface area contributed by atoms with Crippen LogP contribution >= 0.6 is 0 Å². The van der Waals surface area contributed by atoms with E-state index in [2.05, 4.69) is 0 Å². The van der Waals surface area contributed by atoms with Crippen molar-refractivity contribution in [3.8, 4) is 0 Å². The Morgan fingerprint density at radius 2 is 1.86 bits per heavy atom. The highest BCUT2D eigenvalue weighted by atomic mass is 19.4. The maximum absolute atomic E-state index is 15.0. The predicted octanol–water partition coefficient (Wildman–Crippen LogP) is 3.39. The van der Waals surface area contributed by atoms with Crippen LogP contribution < -0.4 is 5.32 Å². The van der Waals surface area contributed by atoms with Crippen molar-refractivity contribution in [2.75, 3.05) is 25.5 Å². The second-order valence-electron chi connectivity index (χ2n) is 5.75. The Balaban J connectivity index is 2.18. The third-order valence-corrected chi connectivity index (χ3v) is 4.00. The van der Waals surface area contributed by atoms with Crippen LogP contribution in [0.3, 0.4) is 0 Å². The Morgan fingerprint density at radius 3 is 2.36 bits per heavy atom. The minimum atomic E-state index is -4.94. The van der Waals surface area contributed by atoms with E-state index < -0.39 is 17.8 Å². The minimum Gasteiger partial charge on any atom is -0.318 e. The Hall–Kier alpha value is -1.63. The number of aryl methyl sites for hydroxylation is 1. The van der Waals surface area contributed by atoms with Crippen LogP contribution in [0.2, 0.25) is 0 Å². The van der Waals surface area contributed by atoms with Gasteiger partial charge >= 0.3 is 12.1 Å². The second kappa shape index (κ2) is 5.87. The molecule has 0 unspecified atom stereocenters. The molecule has 0 saturated carbocycles. The molecule has 1 aliphatic heterocycles. The maximum Gasteiger partial charge on any atom is 0.471 e. The molecule has 1 fully saturated rings. The zero-order valence-electron chi connectivity index (χ0n) is 12.4. The normalized spacial score (nSPS) is 19.0. The first-order chi connectivity index (χ1) is 10.1. The number of anilines is 1. The lowest BCUT2D eigenvalue weighted by Crippen LogP contribution is -2.38. The molecule has 0 bridgehead atoms. The van der Waals surface area contributed by atoms with Crippen molar-refractivity contribution in [3.63, 3.8) is 0 Å². The Labute approximate surface area is 126 Å². The Morgan fingerprint density at radius 1 is 1.27 bits per heavy atom. The van der Waals surface area contributed by atoms with Gasteiger partial charge in [-0.1, -0.05) is 6.07 Å². The van der Waals surface area contributed by atoms with Crippen LogP contribution in [0, 0.1) is 6.92 Å². The molecular weight excluding hydrogens is 300 g/mol. The van der Waals surface area contributed by atoms with Gasteiger partial charge in [-0.15, -0.1) is 0 Å². The van der Waals surface area contributed by atoms with Gasteiger partial charge in [0.15, 0.2) is 0 Å². The Kier molecular flexibility index (Phi) is 4.47. The molecule has 1 aromatic carbocycles. The molecule has 1 aliphatic rings. The molecule has 122 valence electrons. The summed E-state index contributed by atoms with van der Waals surface area (Å²) < 4.78 is 51.7. The first kappa shape index (κ1) is 16.7. The van der Waals surface area contributed by atoms with Crippen LogP contribution in [0.25, 0.3) is 0 Å². The number of halogens is 4. The third kappa shape index (κ3) is 3.58. The molecule has 22 heavy (non-hydrogen) atoms. The van der Waals surface area contributed by atoms with E-state index in [4.69, 9.17) is 0 Å². The Bertz CT molecular complexity index is 563. The summed E-state index contributed by atoms with van der Waals surface area (Å²) in [6.45, 7) is 2.89. The zero-order valence-corrected chi connectivity index (χ0v) is 12.4. The molecule has 0 aliphatic carbocycles. The molecular formula is C15H18F4N2O. The van der Waals surface area contributed by atoms with E-state index in [1.165, 1.54) is 18.2 Å². The summed E-state index contributed by atoms with van der Waals surface area (Å²) >= 11 is 0. The summed E-state index contributed by atoms with van der Waals surface area (Å²) in [5.41, 5.74) is -0.443. The number of hydrogen-bond acceptors (Lipinski definition) is 2. The molecule has 0 spiro atoms. The fourth-order valence-electron chi connectivity index (χ4n) is 2.69. The molecule has 0 atom stereocenters. The quantitative estimate of drug-likeness (QED) is 0.848. The number of rotatable bonds is 2. The summed E-state index contributed by atoms with van der Waals surface area (Å²) in [4.78, 5) is 12.9. The van der Waals surface area contributed by atoms with E-state index in [0.717, 1.165) is 0 Å². The highest BCUT2D eigenvalue weighted by molar-refractivity contribution is 5.95. The molecule has 1 aromatic rings. The van der Waals surface area contributed by atoms with Gasteiger partial charge in [0.2, 0.25) is 0 Å². The molecule has 0 aromatic heterocycles. The number of benzene rings is 1. The highest BCUT2D eigenvalue weighted by Gasteiger charge is 2.39. The number of carbonyl (C=O) groups is 1. The van der Waals surface area contributed by atoms with Gasteiger partial charge in [-0.25, -0.2) is 4.39 Å². The fourth-order valence-corrected chi connectivity index (χ4v) is 2.69. The summed E-state index contributed by atoms with van der Waals surface area (Å²) in [6.07, 6.45) is -4.25. The number of nitrogens with one attached hydrogen (secondary N) is 1. The number of amides is 1. The van der Waals surface area contributed by atoms with Crippen LogP contribution in [-0.2, 0) is 10.5 Å². The van der Waals surface area contributed by atoms with Gasteiger partial charge in [0.05, 0.1) is 0 Å². The van der Waals surface area contributed by atoms with Crippen molar-refractivity contribution in [1.82, 2.24) is 4.90 Å². The van der Waals surface area contributed by atoms with Gasteiger partial charge in [-0.2, -0.15) is 13.2 Å². The van der Waals surface area contributed by atoms with E-state index in [-0.39, 0.29) is 5.69 Å². The minimum absolute atomic E-state index is 0.0140. The number of likely N-dealkylation sites (tertiary alicyclic amines) is 1. The summed E-state index contributed by atoms with van der Waals surface area (Å²) in [7, 11) is 1.92. The van der Waals surface area contributed by atoms with Crippen LogP contribution in [0.1, 0.15) is 24.0 Å². The summed E-state index contributed by atoms with van der Waals surface area (Å²) in [5, 5.41) is 1.78. The molecule has 2 rings (SSSR count). The number of alkyl halides is 4. The van der Waals surface area contributed by atoms with Gasteiger partial charge in [0, 0.05) is 18.8 Å². The van der Waals surface area contributed by atoms with Crippen molar-refractivity contribution >= 4 is 11.6 Å². The van der Waals surface area contributed by atoms with Crippen molar-refractivity contribution in [1.29, 1.82) is 0 Å². The number of piperidine rings is 1. The lowest BCUT2D eigenvalue weighted by molar-refractivity contribution is -0.167. The van der Waals surface area contributed by atoms with E-state index in [1.807, 2.05) is 11.9 Å². The lowest BCUT2D eigenvalue weighted by atomic mass is 9.84. The van der Waals surface area contributed by atoms with Gasteiger partial charge in [0.1, 0.15) is 5.67 Å². The largest absolute Gasteiger partial charge is 0.471 e. The predicted molar refractivity (Wildman–Crippen MR) is 75.4 cm³/mol. The smallest absolute Gasteiger partial charge is 0.318 e. The highest BCUT2D eigenvalue weighted by Crippen LogP contribution is 2.39. The van der Waals surface area contributed by atoms with E-state index in [9.17, 15) is 18.0 Å². The van der Waals surface area contributed by atoms with Crippen LogP contribution in [-0.4, -0.2) is 37.1 Å². The summed E-state index contributed by atoms with van der Waals surface area (Å²) in [6, 6.07) is 4.15. The maximum atomic E-state index is 15.0. The average molecular weight is 318 g/mol. The van der Waals surface area contributed by atoms with Crippen LogP contribution in [0.4, 0.5) is 23.2 Å². The van der Waals surface area contributed by atoms with E-state index in [1.54, 1.807) is 12.2 Å². The van der Waals surface area contributed by atoms with Crippen LogP contribution in [0.5, 0.6) is 0 Å². The van der Waals surface area contributed by atoms with Crippen molar-refractivity contribution < 1.29 is 22.4 Å². The standard InChI is InChI=1S/C15H18F4N2O/c1-10-9-11(20-13(22)15(17,18)19)3-4-12(10)14(16)5-7-21(2)8-6-14/h3-4,9H,5-8H2,1-2H3,(H,20,22). The van der Waals surface area contributed by atoms with Gasteiger partial charge in [0.25, 0.3) is 0 Å². The first-order valence-corrected chi connectivity index (χ1v) is 6.98. The van der Waals surface area contributed by atoms with E-state index in [0.29, 0.717) is 37.1 Å². The van der Waals surface area contributed by atoms with Gasteiger partial charge in [-0.3, -0.25) is 4.79 Å².